The number of esters is 1. The van der Waals surface area contributed by atoms with Gasteiger partial charge in [-0.1, -0.05) is 0 Å². The molecule has 136 valence electrons. The molecule has 1 aromatic rings. The van der Waals surface area contributed by atoms with Crippen molar-refractivity contribution in [2.24, 2.45) is 0 Å². The molecule has 1 aliphatic heterocycles. The Hall–Kier alpha value is -2.22. The number of rotatable bonds is 5. The van der Waals surface area contributed by atoms with Crippen LogP contribution >= 0.6 is 15.9 Å². The fourth-order valence-electron chi connectivity index (χ4n) is 2.94. The fraction of sp³-hybridized carbons (Fsp3) is 0.412. The Balaban J connectivity index is 2.72. The van der Waals surface area contributed by atoms with Crippen LogP contribution in [0.15, 0.2) is 21.8 Å². The predicted octanol–water partition coefficient (Wildman–Crippen LogP) is 2.53. The van der Waals surface area contributed by atoms with Crippen LogP contribution in [0.4, 0.5) is 0 Å². The predicted molar refractivity (Wildman–Crippen MR) is 94.0 cm³/mol. The van der Waals surface area contributed by atoms with Crippen LogP contribution < -0.4 is 19.5 Å². The van der Waals surface area contributed by atoms with Gasteiger partial charge in [-0.15, -0.1) is 0 Å². The van der Waals surface area contributed by atoms with E-state index in [0.29, 0.717) is 38.6 Å². The van der Waals surface area contributed by atoms with Crippen molar-refractivity contribution < 1.29 is 28.5 Å². The molecule has 8 heteroatoms. The summed E-state index contributed by atoms with van der Waals surface area (Å²) in [7, 11) is 5.82. The smallest absolute Gasteiger partial charge is 0.336 e. The van der Waals surface area contributed by atoms with Crippen molar-refractivity contribution in [3.63, 3.8) is 0 Å². The van der Waals surface area contributed by atoms with E-state index in [1.165, 1.54) is 28.4 Å². The first-order valence-corrected chi connectivity index (χ1v) is 8.26. The van der Waals surface area contributed by atoms with Gasteiger partial charge in [0.2, 0.25) is 11.7 Å². The van der Waals surface area contributed by atoms with Crippen molar-refractivity contribution in [2.45, 2.75) is 19.3 Å². The maximum absolute atomic E-state index is 12.3. The van der Waals surface area contributed by atoms with Gasteiger partial charge in [0.25, 0.3) is 0 Å². The van der Waals surface area contributed by atoms with Crippen LogP contribution in [-0.4, -0.2) is 40.3 Å². The Morgan fingerprint density at radius 2 is 1.80 bits per heavy atom. The van der Waals surface area contributed by atoms with Gasteiger partial charge in [-0.25, -0.2) is 4.79 Å². The lowest BCUT2D eigenvalue weighted by atomic mass is 9.84. The average Bonchev–Trinajstić information content (AvgIpc) is 2.59. The van der Waals surface area contributed by atoms with Gasteiger partial charge >= 0.3 is 5.97 Å². The van der Waals surface area contributed by atoms with Gasteiger partial charge < -0.3 is 24.3 Å². The number of amides is 1. The average molecular weight is 414 g/mol. The molecule has 0 spiro atoms. The standard InChI is InChI=1S/C17H20BrNO6/c1-8-13(17(21)25-5)9(7-12(20)19-8)10-6-11(22-2)15(23-3)16(24-4)14(10)18/h6,9H,7H2,1-5H3,(H,19,20)/t9-/m0/s1. The van der Waals surface area contributed by atoms with Crippen LogP contribution in [0.3, 0.4) is 0 Å². The quantitative estimate of drug-likeness (QED) is 0.746. The molecule has 1 N–H and O–H groups in total. The zero-order valence-corrected chi connectivity index (χ0v) is 16.3. The van der Waals surface area contributed by atoms with E-state index in [9.17, 15) is 9.59 Å². The molecular formula is C17H20BrNO6. The van der Waals surface area contributed by atoms with E-state index in [1.54, 1.807) is 13.0 Å². The van der Waals surface area contributed by atoms with E-state index in [0.717, 1.165) is 0 Å². The first kappa shape index (κ1) is 19.1. The van der Waals surface area contributed by atoms with Gasteiger partial charge in [0.1, 0.15) is 0 Å². The van der Waals surface area contributed by atoms with E-state index >= 15 is 0 Å². The Bertz CT molecular complexity index is 743. The van der Waals surface area contributed by atoms with Crippen molar-refractivity contribution in [2.75, 3.05) is 28.4 Å². The summed E-state index contributed by atoms with van der Waals surface area (Å²) in [5, 5.41) is 2.68. The van der Waals surface area contributed by atoms with E-state index in [4.69, 9.17) is 18.9 Å². The van der Waals surface area contributed by atoms with Gasteiger partial charge in [0.15, 0.2) is 11.5 Å². The summed E-state index contributed by atoms with van der Waals surface area (Å²) in [5.74, 6) is 0.0829. The Morgan fingerprint density at radius 3 is 2.32 bits per heavy atom. The number of carbonyl (C=O) groups is 2. The summed E-state index contributed by atoms with van der Waals surface area (Å²) >= 11 is 3.50. The van der Waals surface area contributed by atoms with Gasteiger partial charge in [-0.2, -0.15) is 0 Å². The Kier molecular flexibility index (Phi) is 5.94. The van der Waals surface area contributed by atoms with Crippen LogP contribution in [0.2, 0.25) is 0 Å². The van der Waals surface area contributed by atoms with Crippen molar-refractivity contribution in [3.05, 3.63) is 27.4 Å². The molecule has 2 rings (SSSR count). The summed E-state index contributed by atoms with van der Waals surface area (Å²) < 4.78 is 21.6. The monoisotopic (exact) mass is 413 g/mol. The lowest BCUT2D eigenvalue weighted by molar-refractivity contribution is -0.136. The minimum absolute atomic E-state index is 0.0962. The molecule has 1 heterocycles. The molecule has 0 aromatic heterocycles. The number of ether oxygens (including phenoxy) is 4. The molecule has 0 radical (unpaired) electrons. The molecule has 1 aromatic carbocycles. The van der Waals surface area contributed by atoms with Gasteiger partial charge in [-0.3, -0.25) is 4.79 Å². The number of hydrogen-bond acceptors (Lipinski definition) is 6. The Labute approximate surface area is 154 Å². The second-order valence-corrected chi connectivity index (χ2v) is 6.18. The summed E-state index contributed by atoms with van der Waals surface area (Å²) in [4.78, 5) is 24.3. The molecule has 25 heavy (non-hydrogen) atoms. The number of carbonyl (C=O) groups excluding carboxylic acids is 2. The third kappa shape index (κ3) is 3.44. The highest BCUT2D eigenvalue weighted by atomic mass is 79.9. The lowest BCUT2D eigenvalue weighted by Crippen LogP contribution is -2.34. The van der Waals surface area contributed by atoms with Crippen LogP contribution in [-0.2, 0) is 14.3 Å². The topological polar surface area (TPSA) is 83.1 Å². The van der Waals surface area contributed by atoms with E-state index < -0.39 is 11.9 Å². The summed E-state index contributed by atoms with van der Waals surface area (Å²) in [5.41, 5.74) is 1.52. The lowest BCUT2D eigenvalue weighted by Gasteiger charge is -2.28. The molecule has 0 fully saturated rings. The van der Waals surface area contributed by atoms with Gasteiger partial charge in [-0.05, 0) is 34.5 Å². The SMILES string of the molecule is COC(=O)C1=C(C)NC(=O)C[C@H]1c1cc(OC)c(OC)c(OC)c1Br. The second-order valence-electron chi connectivity index (χ2n) is 5.38. The second kappa shape index (κ2) is 7.77. The molecule has 7 nitrogen and oxygen atoms in total. The van der Waals surface area contributed by atoms with Crippen LogP contribution in [0.5, 0.6) is 17.2 Å². The fourth-order valence-corrected chi connectivity index (χ4v) is 3.67. The van der Waals surface area contributed by atoms with E-state index in [-0.39, 0.29) is 12.3 Å². The molecule has 1 amide bonds. The minimum Gasteiger partial charge on any atom is -0.493 e. The normalized spacial score (nSPS) is 17.0. The molecule has 1 atom stereocenters. The number of allylic oxidation sites excluding steroid dienone is 1. The maximum Gasteiger partial charge on any atom is 0.336 e. The third-order valence-electron chi connectivity index (χ3n) is 4.05. The molecule has 0 saturated carbocycles. The van der Waals surface area contributed by atoms with Crippen molar-refractivity contribution in [1.29, 1.82) is 0 Å². The van der Waals surface area contributed by atoms with Crippen LogP contribution in [0.25, 0.3) is 0 Å². The van der Waals surface area contributed by atoms with Crippen LogP contribution in [0.1, 0.15) is 24.8 Å². The molecule has 0 saturated heterocycles. The zero-order chi connectivity index (χ0) is 18.7. The molecular weight excluding hydrogens is 394 g/mol. The Morgan fingerprint density at radius 1 is 1.16 bits per heavy atom. The van der Waals surface area contributed by atoms with Crippen molar-refractivity contribution in [3.8, 4) is 17.2 Å². The minimum atomic E-state index is -0.510. The first-order chi connectivity index (χ1) is 11.9. The maximum atomic E-state index is 12.3. The first-order valence-electron chi connectivity index (χ1n) is 7.46. The summed E-state index contributed by atoms with van der Waals surface area (Å²) in [6, 6.07) is 1.73. The molecule has 0 unspecified atom stereocenters. The molecule has 0 bridgehead atoms. The highest BCUT2D eigenvalue weighted by Gasteiger charge is 2.35. The van der Waals surface area contributed by atoms with Crippen molar-refractivity contribution >= 4 is 27.8 Å². The van der Waals surface area contributed by atoms with Crippen LogP contribution in [0, 0.1) is 0 Å². The highest BCUT2D eigenvalue weighted by Crippen LogP contribution is 2.49. The highest BCUT2D eigenvalue weighted by molar-refractivity contribution is 9.10. The van der Waals surface area contributed by atoms with Gasteiger partial charge in [0.05, 0.1) is 38.5 Å². The molecule has 0 aliphatic carbocycles. The van der Waals surface area contributed by atoms with E-state index in [2.05, 4.69) is 21.2 Å². The van der Waals surface area contributed by atoms with Gasteiger partial charge in [0, 0.05) is 18.0 Å². The zero-order valence-electron chi connectivity index (χ0n) is 14.7. The summed E-state index contributed by atoms with van der Waals surface area (Å²) in [6.45, 7) is 1.67. The number of halogens is 1. The van der Waals surface area contributed by atoms with Crippen molar-refractivity contribution in [1.82, 2.24) is 5.32 Å². The number of benzene rings is 1. The molecule has 1 aliphatic rings. The number of methoxy groups -OCH3 is 4. The van der Waals surface area contributed by atoms with E-state index in [1.807, 2.05) is 0 Å². The third-order valence-corrected chi connectivity index (χ3v) is 4.87. The number of hydrogen-bond donors (Lipinski definition) is 1. The largest absolute Gasteiger partial charge is 0.493 e. The number of nitrogens with one attached hydrogen (secondary N) is 1. The summed E-state index contributed by atoms with van der Waals surface area (Å²) in [6.07, 6.45) is 0.0962.